The van der Waals surface area contributed by atoms with Gasteiger partial charge in [0.05, 0.1) is 34.9 Å². The number of ether oxygens (including phenoxy) is 5. The fraction of sp³-hybridized carbons (Fsp3) is 0.614. The number of rotatable bonds is 26. The average molecular weight is 1150 g/mol. The maximum atomic E-state index is 12.2. The van der Waals surface area contributed by atoms with E-state index in [-0.39, 0.29) is 76.4 Å². The topological polar surface area (TPSA) is 257 Å². The molecule has 7 N–H and O–H groups in total. The fourth-order valence-corrected chi connectivity index (χ4v) is 6.13. The van der Waals surface area contributed by atoms with Gasteiger partial charge in [-0.05, 0) is 124 Å². The molecule has 0 fully saturated rings. The molecule has 1 atom stereocenters. The van der Waals surface area contributed by atoms with Crippen LogP contribution in [0.3, 0.4) is 0 Å². The third-order valence-electron chi connectivity index (χ3n) is 11.1. The van der Waals surface area contributed by atoms with E-state index < -0.39 is 58.5 Å². The molecule has 4 amide bonds. The van der Waals surface area contributed by atoms with E-state index in [9.17, 15) is 28.8 Å². The molecule has 76 heavy (non-hydrogen) atoms. The molecule has 2 aromatic rings. The summed E-state index contributed by atoms with van der Waals surface area (Å²) in [7, 11) is 0. The predicted octanol–water partition coefficient (Wildman–Crippen LogP) is 11.2. The van der Waals surface area contributed by atoms with Gasteiger partial charge in [-0.15, -0.1) is 0 Å². The van der Waals surface area contributed by atoms with E-state index in [2.05, 4.69) is 48.3 Å². The minimum atomic E-state index is -1.12. The van der Waals surface area contributed by atoms with Gasteiger partial charge in [0.2, 0.25) is 0 Å². The molecule has 1 unspecified atom stereocenters. The third kappa shape index (κ3) is 35.3. The first kappa shape index (κ1) is 75.2. The van der Waals surface area contributed by atoms with Crippen molar-refractivity contribution in [1.82, 2.24) is 21.3 Å². The summed E-state index contributed by atoms with van der Waals surface area (Å²) in [5.74, 6) is -0.232. The van der Waals surface area contributed by atoms with Gasteiger partial charge in [-0.2, -0.15) is 0 Å². The first-order chi connectivity index (χ1) is 34.8. The van der Waals surface area contributed by atoms with Gasteiger partial charge in [0.1, 0.15) is 26.4 Å². The van der Waals surface area contributed by atoms with Crippen LogP contribution >= 0.6 is 0 Å². The summed E-state index contributed by atoms with van der Waals surface area (Å²) in [4.78, 5) is 69.9. The van der Waals surface area contributed by atoms with Crippen molar-refractivity contribution in [2.24, 2.45) is 5.92 Å². The van der Waals surface area contributed by atoms with Crippen LogP contribution in [0.2, 0.25) is 0 Å². The van der Waals surface area contributed by atoms with Crippen LogP contribution in [0.15, 0.2) is 72.8 Å². The van der Waals surface area contributed by atoms with Crippen LogP contribution in [0.1, 0.15) is 177 Å². The fourth-order valence-electron chi connectivity index (χ4n) is 6.13. The summed E-state index contributed by atoms with van der Waals surface area (Å²) in [5.41, 5.74) is 0.757. The Labute approximate surface area is 479 Å². The molecular formula is C57H94N4O14Y. The average Bonchev–Trinajstić information content (AvgIpc) is 3.31. The number of esters is 2. The summed E-state index contributed by atoms with van der Waals surface area (Å²) in [6.07, 6.45) is 5.76. The van der Waals surface area contributed by atoms with Crippen molar-refractivity contribution in [2.45, 2.75) is 183 Å². The van der Waals surface area contributed by atoms with Gasteiger partial charge in [-0.1, -0.05) is 121 Å². The molecule has 0 heterocycles. The summed E-state index contributed by atoms with van der Waals surface area (Å²) >= 11 is 0. The van der Waals surface area contributed by atoms with Crippen molar-refractivity contribution in [3.8, 4) is 0 Å². The Hall–Kier alpha value is -5.04. The Bertz CT molecular complexity index is 2070. The predicted molar refractivity (Wildman–Crippen MR) is 293 cm³/mol. The van der Waals surface area contributed by atoms with E-state index in [1.54, 1.807) is 47.6 Å². The van der Waals surface area contributed by atoms with Crippen molar-refractivity contribution >= 4 is 36.3 Å². The van der Waals surface area contributed by atoms with E-state index >= 15 is 0 Å². The number of aliphatic hydroxyl groups excluding tert-OH is 2. The van der Waals surface area contributed by atoms with Gasteiger partial charge in [0.25, 0.3) is 0 Å². The largest absolute Gasteiger partial charge is 0.465 e. The van der Waals surface area contributed by atoms with Gasteiger partial charge in [-0.25, -0.2) is 28.8 Å². The molecule has 0 aliphatic rings. The van der Waals surface area contributed by atoms with Crippen LogP contribution in [0, 0.1) is 5.92 Å². The van der Waals surface area contributed by atoms with Crippen molar-refractivity contribution in [3.05, 3.63) is 95.1 Å². The molecule has 0 aromatic heterocycles. The summed E-state index contributed by atoms with van der Waals surface area (Å²) in [6.45, 7) is 35.3. The molecule has 0 aliphatic heterocycles. The number of alkyl carbamates (subject to hydrolysis) is 3. The number of hydrogen-bond donors (Lipinski definition) is 7. The van der Waals surface area contributed by atoms with E-state index in [0.29, 0.717) is 13.2 Å². The minimum absolute atomic E-state index is 0. The van der Waals surface area contributed by atoms with Crippen molar-refractivity contribution in [2.75, 3.05) is 39.6 Å². The van der Waals surface area contributed by atoms with Gasteiger partial charge < -0.3 is 60.3 Å². The molecule has 2 aromatic carbocycles. The first-order valence-electron chi connectivity index (χ1n) is 25.8. The summed E-state index contributed by atoms with van der Waals surface area (Å²) < 4.78 is 25.1. The number of carbonyl (C=O) groups excluding carboxylic acids is 5. The number of hydrogen-bond acceptors (Lipinski definition) is 13. The quantitative estimate of drug-likeness (QED) is 0.0200. The Balaban J connectivity index is -0.00000110. The monoisotopic (exact) mass is 1150 g/mol. The Morgan fingerprint density at radius 2 is 0.855 bits per heavy atom. The molecule has 19 heteroatoms. The molecule has 2 rings (SSSR count). The number of carboxylic acid groups (broad SMARTS) is 1. The number of unbranched alkanes of at least 4 members (excludes halogenated alkanes) is 4. The van der Waals surface area contributed by atoms with E-state index in [1.165, 1.54) is 32.6 Å². The van der Waals surface area contributed by atoms with Gasteiger partial charge in [0.15, 0.2) is 0 Å². The number of nitrogens with one attached hydrogen (secondary N) is 4. The van der Waals surface area contributed by atoms with E-state index in [4.69, 9.17) is 39.0 Å². The molecular weight excluding hydrogens is 1050 g/mol. The molecule has 0 saturated carbocycles. The zero-order valence-electron chi connectivity index (χ0n) is 48.5. The van der Waals surface area contributed by atoms with Crippen LogP contribution < -0.4 is 21.3 Å². The summed E-state index contributed by atoms with van der Waals surface area (Å²) in [5, 5.41) is 36.7. The zero-order chi connectivity index (χ0) is 58.0. The second-order valence-electron chi connectivity index (χ2n) is 20.6. The Kier molecular flexibility index (Phi) is 38.9. The Morgan fingerprint density at radius 3 is 1.14 bits per heavy atom. The number of benzene rings is 2. The minimum Gasteiger partial charge on any atom is -0.465 e. The van der Waals surface area contributed by atoms with E-state index in [1.807, 2.05) is 84.0 Å². The maximum Gasteiger partial charge on any atom is 0.407 e. The van der Waals surface area contributed by atoms with Crippen molar-refractivity contribution in [3.63, 3.8) is 0 Å². The van der Waals surface area contributed by atoms with Crippen LogP contribution in [0.25, 0.3) is 0 Å². The third-order valence-corrected chi connectivity index (χ3v) is 11.1. The SMILES string of the molecule is C=C(C)C(=O)OCCOC(=O)NC(C)(C)c1cccc(C(C)(C)NC(=O)O)c1.C=C(C)C(=O)OCCOC(=O)NC(C)(C)c1cccc(C(C)(C)NC(=O)OCCCC)c1.CC(C)CCCCCCO.CCC(C)O.[Y]. The van der Waals surface area contributed by atoms with Crippen LogP contribution in [0.4, 0.5) is 19.2 Å². The molecule has 0 spiro atoms. The molecule has 0 aliphatic carbocycles. The number of amides is 4. The molecule has 18 nitrogen and oxygen atoms in total. The van der Waals surface area contributed by atoms with Gasteiger partial charge in [0, 0.05) is 50.5 Å². The number of carbonyl (C=O) groups is 6. The van der Waals surface area contributed by atoms with Crippen LogP contribution in [-0.4, -0.2) is 97.4 Å². The molecule has 1 radical (unpaired) electrons. The van der Waals surface area contributed by atoms with Crippen LogP contribution in [-0.2, 0) is 88.1 Å². The second-order valence-corrected chi connectivity index (χ2v) is 20.6. The normalized spacial score (nSPS) is 11.3. The van der Waals surface area contributed by atoms with Gasteiger partial charge in [-0.3, -0.25) is 0 Å². The second kappa shape index (κ2) is 39.3. The van der Waals surface area contributed by atoms with Crippen molar-refractivity contribution in [1.29, 1.82) is 0 Å². The van der Waals surface area contributed by atoms with Gasteiger partial charge >= 0.3 is 36.3 Å². The van der Waals surface area contributed by atoms with Crippen LogP contribution in [0.5, 0.6) is 0 Å². The smallest absolute Gasteiger partial charge is 0.407 e. The molecule has 0 bridgehead atoms. The summed E-state index contributed by atoms with van der Waals surface area (Å²) in [6, 6.07) is 14.8. The van der Waals surface area contributed by atoms with Crippen molar-refractivity contribution < 1.29 is 100 Å². The first-order valence-corrected chi connectivity index (χ1v) is 25.8. The maximum absolute atomic E-state index is 12.2. The number of aliphatic hydroxyl groups is 2. The molecule has 0 saturated heterocycles. The standard InChI is InChI=1S/C24H36N2O6.C20H28N2O6.C9H20O.C4H10O.Y/c1-8-9-13-31-21(28)25-23(4,5)18-11-10-12-19(16-18)24(6,7)26-22(29)32-15-14-30-20(27)17(2)3;1-13(2)16(23)27-10-11-28-18(26)22-20(5,6)15-9-7-8-14(12-15)19(3,4)21-17(24)25;1-9(2)7-5-3-4-6-8-10;1-3-4(2)5;/h10-12,16H,2,8-9,13-15H2,1,3-7H3,(H,25,28)(H,26,29);7-9,12,21H,1,10-11H2,2-6H3,(H,22,26)(H,24,25);9-10H,3-8H2,1-2H3;4-5H,3H2,1-2H3;. The zero-order valence-corrected chi connectivity index (χ0v) is 51.3. The Morgan fingerprint density at radius 1 is 0.539 bits per heavy atom. The molecule has 429 valence electrons. The van der Waals surface area contributed by atoms with E-state index in [0.717, 1.165) is 53.9 Å².